The van der Waals surface area contributed by atoms with Gasteiger partial charge in [-0.3, -0.25) is 0 Å². The Kier molecular flexibility index (Phi) is 6.86. The van der Waals surface area contributed by atoms with Crippen LogP contribution in [-0.2, 0) is 13.1 Å². The fourth-order valence-electron chi connectivity index (χ4n) is 4.36. The molecule has 5 aromatic carbocycles. The van der Waals surface area contributed by atoms with Crippen LogP contribution in [0.1, 0.15) is 11.1 Å². The van der Waals surface area contributed by atoms with Gasteiger partial charge in [0.15, 0.2) is 0 Å². The Hall–Kier alpha value is -4.70. The first-order valence-corrected chi connectivity index (χ1v) is 12.0. The molecule has 0 heterocycles. The topological polar surface area (TPSA) is 46.9 Å². The number of para-hydroxylation sites is 4. The highest BCUT2D eigenvalue weighted by atomic mass is 16.3. The van der Waals surface area contributed by atoms with Crippen molar-refractivity contribution in [3.63, 3.8) is 0 Å². The summed E-state index contributed by atoms with van der Waals surface area (Å²) in [7, 11) is 0. The van der Waals surface area contributed by atoms with Crippen LogP contribution in [0.25, 0.3) is 0 Å². The Morgan fingerprint density at radius 2 is 0.667 bits per heavy atom. The number of phenolic OH excluding ortho intramolecular Hbond substituents is 2. The molecule has 0 atom stereocenters. The van der Waals surface area contributed by atoms with Crippen LogP contribution >= 0.6 is 0 Å². The summed E-state index contributed by atoms with van der Waals surface area (Å²) in [5.41, 5.74) is 5.55. The number of aromatic hydroxyl groups is 2. The predicted octanol–water partition coefficient (Wildman–Crippen LogP) is 7.77. The van der Waals surface area contributed by atoms with Gasteiger partial charge in [-0.05, 0) is 54.6 Å². The van der Waals surface area contributed by atoms with Gasteiger partial charge >= 0.3 is 0 Å². The zero-order valence-electron chi connectivity index (χ0n) is 19.9. The van der Waals surface area contributed by atoms with Gasteiger partial charge in [0.25, 0.3) is 0 Å². The number of nitrogens with zero attached hydrogens (tertiary/aromatic N) is 2. The van der Waals surface area contributed by atoms with Crippen LogP contribution in [0.5, 0.6) is 11.5 Å². The minimum Gasteiger partial charge on any atom is -0.507 e. The second-order valence-electron chi connectivity index (χ2n) is 8.62. The lowest BCUT2D eigenvalue weighted by molar-refractivity contribution is 0.441. The van der Waals surface area contributed by atoms with Crippen molar-refractivity contribution in [1.82, 2.24) is 0 Å². The molecule has 2 N–H and O–H groups in total. The van der Waals surface area contributed by atoms with E-state index in [-0.39, 0.29) is 11.5 Å². The Morgan fingerprint density at radius 3 is 0.944 bits per heavy atom. The normalized spacial score (nSPS) is 10.7. The van der Waals surface area contributed by atoms with E-state index in [2.05, 4.69) is 58.3 Å². The molecule has 5 aromatic rings. The summed E-state index contributed by atoms with van der Waals surface area (Å²) < 4.78 is 0. The molecule has 0 amide bonds. The van der Waals surface area contributed by atoms with Gasteiger partial charge in [0, 0.05) is 39.9 Å². The van der Waals surface area contributed by atoms with E-state index < -0.39 is 0 Å². The van der Waals surface area contributed by atoms with Crippen LogP contribution in [0.3, 0.4) is 0 Å². The van der Waals surface area contributed by atoms with E-state index in [1.54, 1.807) is 0 Å². The molecule has 0 aliphatic heterocycles. The van der Waals surface area contributed by atoms with Gasteiger partial charge in [-0.1, -0.05) is 72.8 Å². The monoisotopic (exact) mass is 472 g/mol. The zero-order chi connectivity index (χ0) is 24.7. The van der Waals surface area contributed by atoms with Crippen molar-refractivity contribution in [1.29, 1.82) is 0 Å². The predicted molar refractivity (Wildman–Crippen MR) is 147 cm³/mol. The van der Waals surface area contributed by atoms with Gasteiger partial charge in [0.2, 0.25) is 0 Å². The lowest BCUT2D eigenvalue weighted by Crippen LogP contribution is -2.18. The third-order valence-electron chi connectivity index (χ3n) is 6.21. The lowest BCUT2D eigenvalue weighted by atomic mass is 10.1. The largest absolute Gasteiger partial charge is 0.507 e. The molecule has 0 radical (unpaired) electrons. The molecule has 4 nitrogen and oxygen atoms in total. The van der Waals surface area contributed by atoms with Crippen LogP contribution in [-0.4, -0.2) is 10.2 Å². The molecule has 5 rings (SSSR count). The molecule has 0 aromatic heterocycles. The molecule has 4 heteroatoms. The second kappa shape index (κ2) is 10.7. The maximum absolute atomic E-state index is 10.8. The average Bonchev–Trinajstić information content (AvgIpc) is 2.94. The Bertz CT molecular complexity index is 1210. The second-order valence-corrected chi connectivity index (χ2v) is 8.62. The fraction of sp³-hybridized carbons (Fsp3) is 0.0625. The van der Waals surface area contributed by atoms with Gasteiger partial charge in [-0.2, -0.15) is 0 Å². The zero-order valence-corrected chi connectivity index (χ0v) is 19.9. The average molecular weight is 473 g/mol. The molecule has 0 saturated carbocycles. The standard InChI is InChI=1S/C32H28N2O2/c35-31-22-32(36)26(24-34(29-17-9-3-10-18-29)30-19-11-4-12-20-30)21-25(31)23-33(27-13-5-1-6-14-27)28-15-7-2-8-16-28/h1-22,35-36H,23-24H2. The SMILES string of the molecule is Oc1cc(O)c(CN(c2ccccc2)c2ccccc2)cc1CN(c1ccccc1)c1ccccc1. The van der Waals surface area contributed by atoms with Crippen molar-refractivity contribution in [3.8, 4) is 11.5 Å². The maximum atomic E-state index is 10.8. The minimum atomic E-state index is 0.0686. The van der Waals surface area contributed by atoms with Crippen LogP contribution in [0, 0.1) is 0 Å². The van der Waals surface area contributed by atoms with E-state index in [1.165, 1.54) is 6.07 Å². The first-order valence-electron chi connectivity index (χ1n) is 12.0. The molecular formula is C32H28N2O2. The van der Waals surface area contributed by atoms with E-state index in [9.17, 15) is 10.2 Å². The van der Waals surface area contributed by atoms with Crippen molar-refractivity contribution in [2.45, 2.75) is 13.1 Å². The summed E-state index contributed by atoms with van der Waals surface area (Å²) >= 11 is 0. The molecule has 0 saturated heterocycles. The Morgan fingerprint density at radius 1 is 0.389 bits per heavy atom. The number of anilines is 4. The quantitative estimate of drug-likeness (QED) is 0.242. The molecule has 0 bridgehead atoms. The molecular weight excluding hydrogens is 444 g/mol. The molecule has 0 aliphatic carbocycles. The third kappa shape index (κ3) is 5.18. The molecule has 0 spiro atoms. The van der Waals surface area contributed by atoms with Crippen LogP contribution < -0.4 is 9.80 Å². The highest BCUT2D eigenvalue weighted by Crippen LogP contribution is 2.35. The lowest BCUT2D eigenvalue weighted by Gasteiger charge is -2.28. The van der Waals surface area contributed by atoms with E-state index in [1.807, 2.05) is 78.9 Å². The van der Waals surface area contributed by atoms with E-state index in [0.29, 0.717) is 13.1 Å². The summed E-state index contributed by atoms with van der Waals surface area (Å²) in [6, 6.07) is 43.8. The molecule has 0 aliphatic rings. The summed E-state index contributed by atoms with van der Waals surface area (Å²) in [6.07, 6.45) is 0. The summed E-state index contributed by atoms with van der Waals surface area (Å²) in [5.74, 6) is 0.137. The fourth-order valence-corrected chi connectivity index (χ4v) is 4.36. The van der Waals surface area contributed by atoms with Crippen LogP contribution in [0.15, 0.2) is 133 Å². The van der Waals surface area contributed by atoms with Crippen LogP contribution in [0.4, 0.5) is 22.7 Å². The number of phenols is 2. The van der Waals surface area contributed by atoms with Gasteiger partial charge < -0.3 is 20.0 Å². The van der Waals surface area contributed by atoms with Gasteiger partial charge in [-0.15, -0.1) is 0 Å². The smallest absolute Gasteiger partial charge is 0.124 e. The van der Waals surface area contributed by atoms with Crippen molar-refractivity contribution in [3.05, 3.63) is 145 Å². The number of benzene rings is 5. The molecule has 178 valence electrons. The Balaban J connectivity index is 1.52. The van der Waals surface area contributed by atoms with Gasteiger partial charge in [0.1, 0.15) is 11.5 Å². The van der Waals surface area contributed by atoms with Gasteiger partial charge in [0.05, 0.1) is 13.1 Å². The molecule has 0 unspecified atom stereocenters. The number of hydrogen-bond acceptors (Lipinski definition) is 4. The highest BCUT2D eigenvalue weighted by Gasteiger charge is 2.18. The van der Waals surface area contributed by atoms with Crippen LogP contribution in [0.2, 0.25) is 0 Å². The first kappa shape index (κ1) is 23.1. The molecule has 36 heavy (non-hydrogen) atoms. The summed E-state index contributed by atoms with van der Waals surface area (Å²) in [5, 5.41) is 21.7. The van der Waals surface area contributed by atoms with Crippen molar-refractivity contribution < 1.29 is 10.2 Å². The minimum absolute atomic E-state index is 0.0686. The number of hydrogen-bond donors (Lipinski definition) is 2. The highest BCUT2D eigenvalue weighted by molar-refractivity contribution is 5.66. The first-order chi connectivity index (χ1) is 17.7. The van der Waals surface area contributed by atoms with E-state index >= 15 is 0 Å². The van der Waals surface area contributed by atoms with E-state index in [0.717, 1.165) is 33.9 Å². The summed E-state index contributed by atoms with van der Waals surface area (Å²) in [6.45, 7) is 0.896. The molecule has 0 fully saturated rings. The van der Waals surface area contributed by atoms with Crippen molar-refractivity contribution in [2.75, 3.05) is 9.80 Å². The van der Waals surface area contributed by atoms with Gasteiger partial charge in [-0.25, -0.2) is 0 Å². The summed E-state index contributed by atoms with van der Waals surface area (Å²) in [4.78, 5) is 4.31. The van der Waals surface area contributed by atoms with Crippen molar-refractivity contribution >= 4 is 22.7 Å². The number of rotatable bonds is 8. The Labute approximate surface area is 211 Å². The van der Waals surface area contributed by atoms with Crippen molar-refractivity contribution in [2.24, 2.45) is 0 Å². The van der Waals surface area contributed by atoms with E-state index in [4.69, 9.17) is 0 Å². The third-order valence-corrected chi connectivity index (χ3v) is 6.21. The maximum Gasteiger partial charge on any atom is 0.124 e.